The lowest BCUT2D eigenvalue weighted by molar-refractivity contribution is 0.147. The Labute approximate surface area is 88.1 Å². The van der Waals surface area contributed by atoms with Gasteiger partial charge in [-0.3, -0.25) is 0 Å². The molecule has 3 heteroatoms. The van der Waals surface area contributed by atoms with Crippen LogP contribution in [0.5, 0.6) is 0 Å². The van der Waals surface area contributed by atoms with E-state index in [1.807, 2.05) is 6.07 Å². The Morgan fingerprint density at radius 2 is 2.29 bits per heavy atom. The minimum absolute atomic E-state index is 0.0572. The number of hydrogen-bond donors (Lipinski definition) is 1. The summed E-state index contributed by atoms with van der Waals surface area (Å²) in [7, 11) is 0. The first-order valence-electron chi connectivity index (χ1n) is 4.83. The van der Waals surface area contributed by atoms with Gasteiger partial charge in [0.1, 0.15) is 5.67 Å². The van der Waals surface area contributed by atoms with E-state index >= 15 is 0 Å². The molecule has 0 fully saturated rings. The molecule has 76 valence electrons. The van der Waals surface area contributed by atoms with E-state index in [0.717, 1.165) is 24.0 Å². The molecule has 0 saturated carbocycles. The van der Waals surface area contributed by atoms with Crippen LogP contribution in [0.25, 0.3) is 0 Å². The van der Waals surface area contributed by atoms with Gasteiger partial charge in [-0.05, 0) is 42.5 Å². The van der Waals surface area contributed by atoms with Gasteiger partial charge in [-0.15, -0.1) is 0 Å². The third-order valence-corrected chi connectivity index (χ3v) is 3.13. The number of hydrogen-bond acceptors (Lipinski definition) is 1. The highest BCUT2D eigenvalue weighted by atomic mass is 35.5. The van der Waals surface area contributed by atoms with Gasteiger partial charge in [0.25, 0.3) is 0 Å². The maximum Gasteiger partial charge on any atom is 0.148 e. The number of halogens is 2. The Hall–Kier alpha value is -0.600. The van der Waals surface area contributed by atoms with E-state index in [-0.39, 0.29) is 6.54 Å². The number of benzene rings is 1. The van der Waals surface area contributed by atoms with Crippen molar-refractivity contribution in [2.75, 3.05) is 6.54 Å². The summed E-state index contributed by atoms with van der Waals surface area (Å²) in [5.41, 5.74) is 5.89. The number of nitrogens with two attached hydrogens (primary N) is 1. The normalized spacial score (nSPS) is 25.9. The number of aryl methyl sites for hydroxylation is 1. The van der Waals surface area contributed by atoms with Gasteiger partial charge in [-0.25, -0.2) is 4.39 Å². The van der Waals surface area contributed by atoms with Crippen LogP contribution in [0.15, 0.2) is 18.2 Å². The van der Waals surface area contributed by atoms with Gasteiger partial charge in [-0.1, -0.05) is 17.7 Å². The molecule has 1 nitrogen and oxygen atoms in total. The molecule has 0 bridgehead atoms. The molecule has 0 amide bonds. The molecule has 2 rings (SSSR count). The van der Waals surface area contributed by atoms with Gasteiger partial charge in [-0.2, -0.15) is 0 Å². The Morgan fingerprint density at radius 3 is 3.00 bits per heavy atom. The van der Waals surface area contributed by atoms with Crippen LogP contribution in [0, 0.1) is 0 Å². The van der Waals surface area contributed by atoms with Gasteiger partial charge in [0.2, 0.25) is 0 Å². The quantitative estimate of drug-likeness (QED) is 0.763. The lowest BCUT2D eigenvalue weighted by Gasteiger charge is -2.31. The maximum absolute atomic E-state index is 14.3. The first-order chi connectivity index (χ1) is 6.65. The molecule has 1 aliphatic carbocycles. The van der Waals surface area contributed by atoms with E-state index in [0.29, 0.717) is 11.4 Å². The van der Waals surface area contributed by atoms with Crippen molar-refractivity contribution in [3.05, 3.63) is 34.3 Å². The number of rotatable bonds is 1. The van der Waals surface area contributed by atoms with Crippen LogP contribution in [-0.2, 0) is 12.1 Å². The zero-order valence-electron chi connectivity index (χ0n) is 7.89. The monoisotopic (exact) mass is 213 g/mol. The molecule has 0 heterocycles. The van der Waals surface area contributed by atoms with E-state index in [1.165, 1.54) is 0 Å². The SMILES string of the molecule is NCC1(F)CCCc2cc(Cl)ccc21. The Balaban J connectivity index is 2.50. The zero-order chi connectivity index (χ0) is 10.2. The van der Waals surface area contributed by atoms with Crippen molar-refractivity contribution in [1.29, 1.82) is 0 Å². The zero-order valence-corrected chi connectivity index (χ0v) is 8.65. The van der Waals surface area contributed by atoms with Crippen LogP contribution in [0.4, 0.5) is 4.39 Å². The summed E-state index contributed by atoms with van der Waals surface area (Å²) in [6, 6.07) is 5.35. The lowest BCUT2D eigenvalue weighted by Crippen LogP contribution is -2.34. The average Bonchev–Trinajstić information content (AvgIpc) is 2.18. The third-order valence-electron chi connectivity index (χ3n) is 2.89. The fourth-order valence-electron chi connectivity index (χ4n) is 2.11. The summed E-state index contributed by atoms with van der Waals surface area (Å²) < 4.78 is 14.3. The van der Waals surface area contributed by atoms with Crippen LogP contribution in [-0.4, -0.2) is 6.54 Å². The van der Waals surface area contributed by atoms with E-state index in [4.69, 9.17) is 17.3 Å². The van der Waals surface area contributed by atoms with Gasteiger partial charge >= 0.3 is 0 Å². The second kappa shape index (κ2) is 3.52. The lowest BCUT2D eigenvalue weighted by atomic mass is 9.80. The molecule has 1 atom stereocenters. The van der Waals surface area contributed by atoms with Crippen molar-refractivity contribution in [2.24, 2.45) is 5.73 Å². The molecule has 14 heavy (non-hydrogen) atoms. The molecular formula is C11H13ClFN. The summed E-state index contributed by atoms with van der Waals surface area (Å²) in [5.74, 6) is 0. The van der Waals surface area contributed by atoms with Crippen molar-refractivity contribution in [2.45, 2.75) is 24.9 Å². The summed E-state index contributed by atoms with van der Waals surface area (Å²) in [6.45, 7) is 0.0572. The van der Waals surface area contributed by atoms with Crippen LogP contribution in [0.2, 0.25) is 5.02 Å². The van der Waals surface area contributed by atoms with Crippen LogP contribution in [0.1, 0.15) is 24.0 Å². The second-order valence-corrected chi connectivity index (χ2v) is 4.26. The van der Waals surface area contributed by atoms with Crippen molar-refractivity contribution in [3.8, 4) is 0 Å². The minimum Gasteiger partial charge on any atom is -0.327 e. The van der Waals surface area contributed by atoms with E-state index in [9.17, 15) is 4.39 Å². The molecule has 1 unspecified atom stereocenters. The highest BCUT2D eigenvalue weighted by molar-refractivity contribution is 6.30. The molecule has 1 aromatic carbocycles. The van der Waals surface area contributed by atoms with Gasteiger partial charge in [0.05, 0.1) is 0 Å². The summed E-state index contributed by atoms with van der Waals surface area (Å²) in [4.78, 5) is 0. The highest BCUT2D eigenvalue weighted by Gasteiger charge is 2.35. The highest BCUT2D eigenvalue weighted by Crippen LogP contribution is 2.38. The third kappa shape index (κ3) is 1.53. The summed E-state index contributed by atoms with van der Waals surface area (Å²) >= 11 is 5.86. The van der Waals surface area contributed by atoms with E-state index in [2.05, 4.69) is 0 Å². The Kier molecular flexibility index (Phi) is 2.50. The van der Waals surface area contributed by atoms with Gasteiger partial charge in [0, 0.05) is 11.6 Å². The number of alkyl halides is 1. The smallest absolute Gasteiger partial charge is 0.148 e. The van der Waals surface area contributed by atoms with Gasteiger partial charge in [0.15, 0.2) is 0 Å². The predicted octanol–water partition coefficient (Wildman–Crippen LogP) is 2.80. The van der Waals surface area contributed by atoms with Crippen LogP contribution in [0.3, 0.4) is 0 Å². The maximum atomic E-state index is 14.3. The van der Waals surface area contributed by atoms with Gasteiger partial charge < -0.3 is 5.73 Å². The molecule has 2 N–H and O–H groups in total. The fraction of sp³-hybridized carbons (Fsp3) is 0.455. The standard InChI is InChI=1S/C11H13ClFN/c12-9-3-4-10-8(6-9)2-1-5-11(10,13)7-14/h3-4,6H,1-2,5,7,14H2. The van der Waals surface area contributed by atoms with Crippen molar-refractivity contribution >= 4 is 11.6 Å². The minimum atomic E-state index is -1.34. The first-order valence-corrected chi connectivity index (χ1v) is 5.21. The molecule has 0 aliphatic heterocycles. The summed E-state index contributed by atoms with van der Waals surface area (Å²) in [5, 5.41) is 0.671. The van der Waals surface area contributed by atoms with Crippen LogP contribution < -0.4 is 5.73 Å². The van der Waals surface area contributed by atoms with Crippen molar-refractivity contribution < 1.29 is 4.39 Å². The van der Waals surface area contributed by atoms with Crippen LogP contribution >= 0.6 is 11.6 Å². The second-order valence-electron chi connectivity index (χ2n) is 3.82. The Bertz CT molecular complexity index is 353. The Morgan fingerprint density at radius 1 is 1.50 bits per heavy atom. The fourth-order valence-corrected chi connectivity index (χ4v) is 2.31. The first kappa shape index (κ1) is 9.94. The topological polar surface area (TPSA) is 26.0 Å². The van der Waals surface area contributed by atoms with Crippen molar-refractivity contribution in [3.63, 3.8) is 0 Å². The molecule has 0 spiro atoms. The molecule has 0 radical (unpaired) electrons. The molecule has 1 aromatic rings. The average molecular weight is 214 g/mol. The predicted molar refractivity (Wildman–Crippen MR) is 56.2 cm³/mol. The summed E-state index contributed by atoms with van der Waals surface area (Å²) in [6.07, 6.45) is 2.28. The molecule has 0 aromatic heterocycles. The molecular weight excluding hydrogens is 201 g/mol. The number of fused-ring (bicyclic) bond motifs is 1. The largest absolute Gasteiger partial charge is 0.327 e. The van der Waals surface area contributed by atoms with Crippen molar-refractivity contribution in [1.82, 2.24) is 0 Å². The van der Waals surface area contributed by atoms with E-state index in [1.54, 1.807) is 12.1 Å². The van der Waals surface area contributed by atoms with E-state index < -0.39 is 5.67 Å². The molecule has 1 aliphatic rings. The molecule has 0 saturated heterocycles.